The number of methoxy groups -OCH3 is 1. The second-order valence-electron chi connectivity index (χ2n) is 6.92. The van der Waals surface area contributed by atoms with Crippen molar-refractivity contribution in [2.75, 3.05) is 13.8 Å². The van der Waals surface area contributed by atoms with Crippen LogP contribution in [0.2, 0.25) is 0 Å². The van der Waals surface area contributed by atoms with Crippen molar-refractivity contribution < 1.29 is 4.74 Å². The van der Waals surface area contributed by atoms with Crippen molar-refractivity contribution in [3.63, 3.8) is 0 Å². The third kappa shape index (κ3) is 3.35. The number of rotatable bonds is 5. The summed E-state index contributed by atoms with van der Waals surface area (Å²) in [7, 11) is -0.0748. The lowest BCUT2D eigenvalue weighted by molar-refractivity contribution is 0.415. The Balaban J connectivity index is 1.96. The average Bonchev–Trinajstić information content (AvgIpc) is 2.80. The van der Waals surface area contributed by atoms with Gasteiger partial charge in [0.15, 0.2) is 0 Å². The van der Waals surface area contributed by atoms with Crippen molar-refractivity contribution in [3.8, 4) is 16.9 Å². The van der Waals surface area contributed by atoms with Gasteiger partial charge in [-0.05, 0) is 48.0 Å². The monoisotopic (exact) mass is 383 g/mol. The van der Waals surface area contributed by atoms with E-state index in [0.29, 0.717) is 0 Å². The summed E-state index contributed by atoms with van der Waals surface area (Å²) in [5.41, 5.74) is 2.50. The molecule has 0 spiro atoms. The van der Waals surface area contributed by atoms with Crippen LogP contribution in [0.1, 0.15) is 0 Å². The maximum atomic E-state index is 5.35. The van der Waals surface area contributed by atoms with E-state index in [-0.39, 0.29) is 0 Å². The first-order valence-electron chi connectivity index (χ1n) is 9.45. The Kier molecular flexibility index (Phi) is 5.28. The van der Waals surface area contributed by atoms with Gasteiger partial charge < -0.3 is 4.74 Å². The molecular weight excluding hydrogens is 359 g/mol. The molecule has 0 radical (unpaired) electrons. The Morgan fingerprint density at radius 3 is 1.61 bits per heavy atom. The third-order valence-electron chi connectivity index (χ3n) is 5.33. The molecule has 0 N–H and O–H groups in total. The molecule has 1 nitrogen and oxygen atoms in total. The molecule has 138 valence electrons. The summed E-state index contributed by atoms with van der Waals surface area (Å²) >= 11 is 0. The van der Waals surface area contributed by atoms with Gasteiger partial charge in [-0.1, -0.05) is 66.7 Å². The van der Waals surface area contributed by atoms with Crippen LogP contribution in [0.4, 0.5) is 0 Å². The molecule has 0 atom stereocenters. The molecule has 0 bridgehead atoms. The van der Waals surface area contributed by atoms with Crippen molar-refractivity contribution in [3.05, 3.63) is 109 Å². The second-order valence-corrected chi connectivity index (χ2v) is 10.5. The highest BCUT2D eigenvalue weighted by Gasteiger charge is 2.41. The summed E-state index contributed by atoms with van der Waals surface area (Å²) in [4.78, 5) is 0. The Bertz CT molecular complexity index is 1000. The van der Waals surface area contributed by atoms with Crippen LogP contribution in [-0.4, -0.2) is 13.8 Å². The smallest absolute Gasteiger partial charge is 0.118 e. The number of benzene rings is 4. The van der Waals surface area contributed by atoms with E-state index in [4.69, 9.17) is 4.74 Å². The van der Waals surface area contributed by atoms with Crippen LogP contribution in [0.5, 0.6) is 5.75 Å². The van der Waals surface area contributed by atoms with Crippen molar-refractivity contribution in [1.82, 2.24) is 0 Å². The van der Waals surface area contributed by atoms with Crippen LogP contribution in [0.15, 0.2) is 109 Å². The van der Waals surface area contributed by atoms with Gasteiger partial charge in [0.05, 0.1) is 13.8 Å². The van der Waals surface area contributed by atoms with E-state index in [2.05, 4.69) is 104 Å². The summed E-state index contributed by atoms with van der Waals surface area (Å²) in [5.74, 6) is 0.880. The van der Waals surface area contributed by atoms with Gasteiger partial charge in [-0.25, -0.2) is 0 Å². The number of ether oxygens (including phenoxy) is 1. The standard InChI is InChI=1S/C26H24OP/c1-27-22-19-17-21(18-20-22)25-15-9-10-16-26(25)28(2,23-11-5-3-6-12-23)24-13-7-4-8-14-24/h3-20H,1-2H3/q+1. The van der Waals surface area contributed by atoms with Crippen molar-refractivity contribution in [1.29, 1.82) is 0 Å². The van der Waals surface area contributed by atoms with E-state index in [1.165, 1.54) is 27.0 Å². The lowest BCUT2D eigenvalue weighted by atomic mass is 10.1. The molecule has 4 aromatic carbocycles. The molecule has 4 rings (SSSR count). The van der Waals surface area contributed by atoms with Crippen LogP contribution < -0.4 is 20.7 Å². The summed E-state index contributed by atoms with van der Waals surface area (Å²) < 4.78 is 5.35. The van der Waals surface area contributed by atoms with E-state index in [1.54, 1.807) is 7.11 Å². The first kappa shape index (κ1) is 18.5. The van der Waals surface area contributed by atoms with E-state index in [1.807, 2.05) is 12.1 Å². The molecule has 28 heavy (non-hydrogen) atoms. The topological polar surface area (TPSA) is 9.23 Å². The van der Waals surface area contributed by atoms with Gasteiger partial charge in [0, 0.05) is 5.56 Å². The molecule has 0 aliphatic rings. The first-order valence-corrected chi connectivity index (χ1v) is 11.7. The van der Waals surface area contributed by atoms with Gasteiger partial charge in [0.25, 0.3) is 0 Å². The predicted octanol–water partition coefficient (Wildman–Crippen LogP) is 5.29. The number of hydrogen-bond acceptors (Lipinski definition) is 1. The van der Waals surface area contributed by atoms with Gasteiger partial charge in [-0.2, -0.15) is 0 Å². The molecule has 2 heteroatoms. The van der Waals surface area contributed by atoms with Crippen molar-refractivity contribution >= 4 is 23.2 Å². The zero-order valence-corrected chi connectivity index (χ0v) is 17.1. The SMILES string of the molecule is COc1ccc(-c2ccccc2[P+](C)(c2ccccc2)c2ccccc2)cc1. The molecule has 0 heterocycles. The molecule has 0 aliphatic heterocycles. The molecule has 0 saturated heterocycles. The lowest BCUT2D eigenvalue weighted by Crippen LogP contribution is -2.31. The molecular formula is C26H24OP+. The zero-order chi connectivity index (χ0) is 19.4. The van der Waals surface area contributed by atoms with Crippen LogP contribution in [0, 0.1) is 0 Å². The zero-order valence-electron chi connectivity index (χ0n) is 16.2. The highest BCUT2D eigenvalue weighted by Crippen LogP contribution is 2.53. The number of hydrogen-bond donors (Lipinski definition) is 0. The summed E-state index contributed by atoms with van der Waals surface area (Å²) in [5, 5.41) is 4.18. The van der Waals surface area contributed by atoms with Gasteiger partial charge in [-0.15, -0.1) is 0 Å². The molecule has 0 amide bonds. The summed E-state index contributed by atoms with van der Waals surface area (Å²) in [6.45, 7) is 2.43. The fourth-order valence-electron chi connectivity index (χ4n) is 3.76. The minimum Gasteiger partial charge on any atom is -0.497 e. The van der Waals surface area contributed by atoms with Gasteiger partial charge >= 0.3 is 0 Å². The van der Waals surface area contributed by atoms with Gasteiger partial charge in [-0.3, -0.25) is 0 Å². The molecule has 0 unspecified atom stereocenters. The molecule has 0 fully saturated rings. The maximum Gasteiger partial charge on any atom is 0.118 e. The Hall–Kier alpha value is -2.89. The van der Waals surface area contributed by atoms with E-state index < -0.39 is 7.26 Å². The fourth-order valence-corrected chi connectivity index (χ4v) is 7.22. The summed E-state index contributed by atoms with van der Waals surface area (Å²) in [6, 6.07) is 39.0. The minimum absolute atomic E-state index is 0.880. The van der Waals surface area contributed by atoms with Gasteiger partial charge in [0.1, 0.15) is 28.9 Å². The predicted molar refractivity (Wildman–Crippen MR) is 123 cm³/mol. The molecule has 0 aliphatic carbocycles. The quantitative estimate of drug-likeness (QED) is 0.426. The summed E-state index contributed by atoms with van der Waals surface area (Å²) in [6.07, 6.45) is 0. The lowest BCUT2D eigenvalue weighted by Gasteiger charge is -2.25. The van der Waals surface area contributed by atoms with E-state index in [0.717, 1.165) is 5.75 Å². The van der Waals surface area contributed by atoms with E-state index in [9.17, 15) is 0 Å². The average molecular weight is 383 g/mol. The highest BCUT2D eigenvalue weighted by atomic mass is 31.2. The Morgan fingerprint density at radius 2 is 1.07 bits per heavy atom. The second kappa shape index (κ2) is 8.00. The van der Waals surface area contributed by atoms with Crippen molar-refractivity contribution in [2.45, 2.75) is 0 Å². The van der Waals surface area contributed by atoms with Crippen molar-refractivity contribution in [2.24, 2.45) is 0 Å². The highest BCUT2D eigenvalue weighted by molar-refractivity contribution is 7.95. The minimum atomic E-state index is -1.78. The third-order valence-corrected chi connectivity index (χ3v) is 9.35. The first-order chi connectivity index (χ1) is 13.7. The van der Waals surface area contributed by atoms with Crippen LogP contribution in [0.3, 0.4) is 0 Å². The Morgan fingerprint density at radius 1 is 0.571 bits per heavy atom. The van der Waals surface area contributed by atoms with Crippen LogP contribution in [0.25, 0.3) is 11.1 Å². The largest absolute Gasteiger partial charge is 0.497 e. The van der Waals surface area contributed by atoms with Crippen LogP contribution in [-0.2, 0) is 0 Å². The Labute approximate surface area is 168 Å². The normalized spacial score (nSPS) is 11.2. The van der Waals surface area contributed by atoms with Crippen LogP contribution >= 0.6 is 7.26 Å². The maximum absolute atomic E-state index is 5.35. The van der Waals surface area contributed by atoms with Gasteiger partial charge in [0.2, 0.25) is 0 Å². The fraction of sp³-hybridized carbons (Fsp3) is 0.0769. The van der Waals surface area contributed by atoms with E-state index >= 15 is 0 Å². The molecule has 0 aromatic heterocycles. The molecule has 4 aromatic rings. The molecule has 0 saturated carbocycles.